The molecule has 4 aromatic carbocycles. The van der Waals surface area contributed by atoms with Crippen molar-refractivity contribution in [2.75, 3.05) is 0 Å². The van der Waals surface area contributed by atoms with Crippen LogP contribution in [-0.2, 0) is 37.3 Å². The van der Waals surface area contributed by atoms with E-state index in [9.17, 15) is 5.11 Å². The van der Waals surface area contributed by atoms with Gasteiger partial charge >= 0.3 is 0 Å². The van der Waals surface area contributed by atoms with Crippen LogP contribution in [0.5, 0.6) is 5.75 Å². The number of aromatic hydroxyl groups is 1. The quantitative estimate of drug-likeness (QED) is 0.180. The Balaban J connectivity index is 0.00000433. The first kappa shape index (κ1) is 34.7. The van der Waals surface area contributed by atoms with Crippen molar-refractivity contribution in [2.45, 2.75) is 78.6 Å². The van der Waals surface area contributed by atoms with E-state index in [0.29, 0.717) is 0 Å². The fourth-order valence-electron chi connectivity index (χ4n) is 5.63. The third-order valence-electron chi connectivity index (χ3n) is 8.62. The summed E-state index contributed by atoms with van der Waals surface area (Å²) in [6, 6.07) is 33.2. The molecule has 244 valence electrons. The van der Waals surface area contributed by atoms with E-state index in [0.717, 1.165) is 54.3 Å². The first-order valence-electron chi connectivity index (χ1n) is 16.0. The van der Waals surface area contributed by atoms with Crippen LogP contribution in [0.3, 0.4) is 0 Å². The average molecular weight is 819 g/mol. The number of rotatable bonds is 4. The predicted molar refractivity (Wildman–Crippen MR) is 196 cm³/mol. The number of phenols is 1. The van der Waals surface area contributed by atoms with E-state index >= 15 is 0 Å². The molecular weight excluding hydrogens is 776 g/mol. The molecular formula is C42H43N2OPtS-. The summed E-state index contributed by atoms with van der Waals surface area (Å²) in [5.74, 6) is 0.227. The average Bonchev–Trinajstić information content (AvgIpc) is 3.44. The summed E-state index contributed by atoms with van der Waals surface area (Å²) < 4.78 is 1.09. The summed E-state index contributed by atoms with van der Waals surface area (Å²) in [4.78, 5) is 10.1. The van der Waals surface area contributed by atoms with Crippen molar-refractivity contribution >= 4 is 21.6 Å². The van der Waals surface area contributed by atoms with Crippen LogP contribution in [0.1, 0.15) is 79.0 Å². The molecule has 0 aliphatic heterocycles. The standard InChI is InChI=1S/C42H43N2OS.Pt/c1-40(2,3)30-17-18-43-35(24-30)29-19-28(20-31(21-29)41(4,5)6)33-23-32(42(7,8)9)25-37-38(33)44-39(46-37)34-22-27(15-16-36(34)45)26-13-11-10-12-14-26;/h10-18,20-25,45H,1-9H3;/q-1;. The minimum absolute atomic E-state index is 0. The minimum Gasteiger partial charge on any atom is -0.507 e. The number of benzene rings is 4. The van der Waals surface area contributed by atoms with Gasteiger partial charge in [0.2, 0.25) is 0 Å². The largest absolute Gasteiger partial charge is 0.507 e. The first-order valence-corrected chi connectivity index (χ1v) is 16.8. The Morgan fingerprint density at radius 2 is 1.26 bits per heavy atom. The van der Waals surface area contributed by atoms with Crippen molar-refractivity contribution in [1.29, 1.82) is 0 Å². The van der Waals surface area contributed by atoms with Gasteiger partial charge in [-0.1, -0.05) is 122 Å². The number of phenolic OH excluding ortho intramolecular Hbond substituents is 1. The maximum atomic E-state index is 11.1. The van der Waals surface area contributed by atoms with Crippen molar-refractivity contribution in [3.05, 3.63) is 114 Å². The van der Waals surface area contributed by atoms with Gasteiger partial charge < -0.3 is 5.11 Å². The van der Waals surface area contributed by atoms with Crippen LogP contribution >= 0.6 is 11.3 Å². The molecule has 2 heterocycles. The smallest absolute Gasteiger partial charge is 0.127 e. The van der Waals surface area contributed by atoms with Crippen molar-refractivity contribution in [1.82, 2.24) is 9.97 Å². The maximum absolute atomic E-state index is 11.1. The van der Waals surface area contributed by atoms with Gasteiger partial charge in [0.15, 0.2) is 0 Å². The van der Waals surface area contributed by atoms with E-state index in [1.54, 1.807) is 17.4 Å². The van der Waals surface area contributed by atoms with Gasteiger partial charge in [-0.15, -0.1) is 40.7 Å². The van der Waals surface area contributed by atoms with E-state index < -0.39 is 0 Å². The van der Waals surface area contributed by atoms with Gasteiger partial charge in [0.1, 0.15) is 10.8 Å². The number of hydrogen-bond donors (Lipinski definition) is 1. The molecule has 6 rings (SSSR count). The number of aromatic nitrogens is 2. The molecule has 1 N–H and O–H groups in total. The van der Waals surface area contributed by atoms with Gasteiger partial charge in [0.05, 0.1) is 11.1 Å². The van der Waals surface area contributed by atoms with E-state index in [2.05, 4.69) is 117 Å². The van der Waals surface area contributed by atoms with Gasteiger partial charge in [0, 0.05) is 37.7 Å². The Hall–Kier alpha value is -3.59. The molecule has 0 amide bonds. The molecule has 0 radical (unpaired) electrons. The van der Waals surface area contributed by atoms with Crippen molar-refractivity contribution < 1.29 is 26.2 Å². The third-order valence-corrected chi connectivity index (χ3v) is 9.66. The Morgan fingerprint density at radius 3 is 1.91 bits per heavy atom. The van der Waals surface area contributed by atoms with Crippen LogP contribution in [0.15, 0.2) is 91.1 Å². The molecule has 6 aromatic rings. The second kappa shape index (κ2) is 12.8. The second-order valence-corrected chi connectivity index (χ2v) is 16.4. The van der Waals surface area contributed by atoms with E-state index in [4.69, 9.17) is 9.97 Å². The minimum atomic E-state index is -0.0854. The van der Waals surface area contributed by atoms with Gasteiger partial charge in [-0.25, -0.2) is 4.98 Å². The predicted octanol–water partition coefficient (Wildman–Crippen LogP) is 11.8. The number of nitrogens with zero attached hydrogens (tertiary/aromatic N) is 2. The summed E-state index contributed by atoms with van der Waals surface area (Å²) in [6.45, 7) is 20.2. The fraction of sp³-hybridized carbons (Fsp3) is 0.286. The topological polar surface area (TPSA) is 46.0 Å². The summed E-state index contributed by atoms with van der Waals surface area (Å²) >= 11 is 1.63. The van der Waals surface area contributed by atoms with Crippen LogP contribution in [-0.4, -0.2) is 15.1 Å². The molecule has 5 heteroatoms. The Kier molecular flexibility index (Phi) is 9.45. The molecule has 0 spiro atoms. The second-order valence-electron chi connectivity index (χ2n) is 15.4. The van der Waals surface area contributed by atoms with Crippen LogP contribution in [0.25, 0.3) is 54.3 Å². The fourth-order valence-corrected chi connectivity index (χ4v) is 6.69. The van der Waals surface area contributed by atoms with Gasteiger partial charge in [-0.2, -0.15) is 0 Å². The molecule has 0 bridgehead atoms. The Labute approximate surface area is 298 Å². The van der Waals surface area contributed by atoms with E-state index in [1.165, 1.54) is 16.7 Å². The monoisotopic (exact) mass is 818 g/mol. The van der Waals surface area contributed by atoms with Crippen LogP contribution < -0.4 is 0 Å². The Morgan fingerprint density at radius 1 is 0.617 bits per heavy atom. The summed E-state index contributed by atoms with van der Waals surface area (Å²) in [6.07, 6.45) is 1.91. The molecule has 0 fully saturated rings. The summed E-state index contributed by atoms with van der Waals surface area (Å²) in [5.41, 5.74) is 11.3. The molecule has 0 atom stereocenters. The molecule has 0 unspecified atom stereocenters. The maximum Gasteiger partial charge on any atom is 0.127 e. The molecule has 0 aliphatic rings. The number of pyridine rings is 1. The number of hydrogen-bond acceptors (Lipinski definition) is 4. The van der Waals surface area contributed by atoms with Crippen molar-refractivity contribution in [2.24, 2.45) is 0 Å². The zero-order valence-corrected chi connectivity index (χ0v) is 31.8. The number of fused-ring (bicyclic) bond motifs is 1. The zero-order chi connectivity index (χ0) is 33.0. The van der Waals surface area contributed by atoms with Gasteiger partial charge in [0.25, 0.3) is 0 Å². The SMILES string of the molecule is CC(C)(C)c1cc(-c2cc(C(C)(C)C)ccn2)[c-]c(-c2cc(C(C)(C)C)cc3sc(-c4cc(-c5ccccc5)ccc4O)nc23)c1.[Pt]. The van der Waals surface area contributed by atoms with Crippen LogP contribution in [0.4, 0.5) is 0 Å². The van der Waals surface area contributed by atoms with Gasteiger partial charge in [-0.05, 0) is 62.8 Å². The van der Waals surface area contributed by atoms with Gasteiger partial charge in [-0.3, -0.25) is 4.98 Å². The zero-order valence-electron chi connectivity index (χ0n) is 28.7. The van der Waals surface area contributed by atoms with Crippen molar-refractivity contribution in [3.8, 4) is 49.8 Å². The molecule has 47 heavy (non-hydrogen) atoms. The van der Waals surface area contributed by atoms with Crippen molar-refractivity contribution in [3.63, 3.8) is 0 Å². The molecule has 0 saturated heterocycles. The van der Waals surface area contributed by atoms with E-state index in [1.807, 2.05) is 36.5 Å². The molecule has 2 aromatic heterocycles. The van der Waals surface area contributed by atoms with Crippen LogP contribution in [0.2, 0.25) is 0 Å². The summed E-state index contributed by atoms with van der Waals surface area (Å²) in [5, 5.41) is 11.8. The number of thiazole rings is 1. The summed E-state index contributed by atoms with van der Waals surface area (Å²) in [7, 11) is 0. The molecule has 0 saturated carbocycles. The van der Waals surface area contributed by atoms with Crippen LogP contribution in [0, 0.1) is 6.07 Å². The Bertz CT molecular complexity index is 2060. The van der Waals surface area contributed by atoms with E-state index in [-0.39, 0.29) is 43.1 Å². The molecule has 3 nitrogen and oxygen atoms in total. The normalized spacial score (nSPS) is 12.3. The first-order chi connectivity index (χ1) is 21.6. The molecule has 0 aliphatic carbocycles. The third kappa shape index (κ3) is 7.30.